The standard InChI is InChI=1S/C46H53ClF3N3O5/c1-46(2)37-29-13-9-19-52-17-7-11-27(42(29)52)25-31(37)33(32-26-28-12-8-18-53-20-10-14-30(38(32)46)43(28)53)34-35(45(55)56)40(49)41(50)36(39(34)48)44(54)51-16-22-58-24-23-57-21-6-4-3-5-15-47/h25-26H,3-24H2,1-2H3,(H-,51,54,55,56). The predicted molar refractivity (Wildman–Crippen MR) is 216 cm³/mol. The van der Waals surface area contributed by atoms with Gasteiger partial charge in [0.1, 0.15) is 24.5 Å². The first kappa shape index (κ1) is 40.8. The number of nitrogens with one attached hydrogen (secondary N) is 1. The van der Waals surface area contributed by atoms with Crippen LogP contribution in [0.5, 0.6) is 0 Å². The van der Waals surface area contributed by atoms with Gasteiger partial charge in [0.15, 0.2) is 11.6 Å². The summed E-state index contributed by atoms with van der Waals surface area (Å²) in [6.45, 7) is 9.18. The van der Waals surface area contributed by atoms with E-state index in [9.17, 15) is 14.7 Å². The molecule has 0 saturated heterocycles. The lowest BCUT2D eigenvalue weighted by Gasteiger charge is -2.44. The minimum absolute atomic E-state index is 0.0174. The third kappa shape index (κ3) is 7.12. The van der Waals surface area contributed by atoms with Crippen LogP contribution in [-0.4, -0.2) is 76.9 Å². The van der Waals surface area contributed by atoms with Crippen LogP contribution in [0.4, 0.5) is 18.9 Å². The van der Waals surface area contributed by atoms with E-state index in [2.05, 4.69) is 28.6 Å². The highest BCUT2D eigenvalue weighted by atomic mass is 35.5. The van der Waals surface area contributed by atoms with Crippen molar-refractivity contribution in [3.63, 3.8) is 0 Å². The monoisotopic (exact) mass is 819 g/mol. The third-order valence-electron chi connectivity index (χ3n) is 12.9. The number of hydrogen-bond donors (Lipinski definition) is 1. The molecule has 1 aliphatic carbocycles. The van der Waals surface area contributed by atoms with E-state index in [0.29, 0.717) is 29.9 Å². The summed E-state index contributed by atoms with van der Waals surface area (Å²) >= 11 is 5.71. The van der Waals surface area contributed by atoms with E-state index in [4.69, 9.17) is 21.1 Å². The van der Waals surface area contributed by atoms with E-state index < -0.39 is 51.4 Å². The van der Waals surface area contributed by atoms with Crippen LogP contribution in [-0.2, 0) is 40.6 Å². The van der Waals surface area contributed by atoms with E-state index in [1.807, 2.05) is 12.1 Å². The van der Waals surface area contributed by atoms with Crippen molar-refractivity contribution < 1.29 is 37.3 Å². The molecule has 1 N–H and O–H groups in total. The van der Waals surface area contributed by atoms with Gasteiger partial charge in [-0.3, -0.25) is 4.79 Å². The number of anilines is 1. The van der Waals surface area contributed by atoms with Crippen molar-refractivity contribution in [1.29, 1.82) is 0 Å². The van der Waals surface area contributed by atoms with Crippen molar-refractivity contribution in [2.24, 2.45) is 0 Å². The molecule has 310 valence electrons. The summed E-state index contributed by atoms with van der Waals surface area (Å²) < 4.78 is 63.5. The van der Waals surface area contributed by atoms with Crippen molar-refractivity contribution in [2.75, 3.05) is 69.9 Å². The van der Waals surface area contributed by atoms with Crippen molar-refractivity contribution in [3.05, 3.63) is 95.8 Å². The number of ether oxygens (including phenoxy) is 2. The first-order chi connectivity index (χ1) is 28.1. The average molecular weight is 820 g/mol. The van der Waals surface area contributed by atoms with Crippen molar-refractivity contribution >= 4 is 34.7 Å². The fourth-order valence-electron chi connectivity index (χ4n) is 10.7. The highest BCUT2D eigenvalue weighted by Crippen LogP contribution is 2.50. The molecular formula is C46H53ClF3N3O5. The van der Waals surface area contributed by atoms with Crippen LogP contribution in [0.3, 0.4) is 0 Å². The van der Waals surface area contributed by atoms with Crippen LogP contribution in [0.25, 0.3) is 5.57 Å². The third-order valence-corrected chi connectivity index (χ3v) is 13.2. The molecule has 5 aliphatic rings. The number of hydrogen-bond acceptors (Lipinski definition) is 6. The zero-order chi connectivity index (χ0) is 40.7. The van der Waals surface area contributed by atoms with Gasteiger partial charge < -0.3 is 29.6 Å². The van der Waals surface area contributed by atoms with E-state index in [1.165, 1.54) is 11.0 Å². The number of rotatable bonds is 15. The Balaban J connectivity index is 1.25. The molecule has 4 heterocycles. The summed E-state index contributed by atoms with van der Waals surface area (Å²) in [6.07, 6.45) is 10.8. The van der Waals surface area contributed by atoms with E-state index >= 15 is 13.2 Å². The molecule has 1 amide bonds. The van der Waals surface area contributed by atoms with Crippen molar-refractivity contribution in [3.8, 4) is 0 Å². The van der Waals surface area contributed by atoms with Crippen LogP contribution in [0.15, 0.2) is 12.1 Å². The van der Waals surface area contributed by atoms with Crippen LogP contribution < -0.4 is 30.5 Å². The Hall–Kier alpha value is -3.93. The smallest absolute Gasteiger partial charge is 0.257 e. The second-order valence-electron chi connectivity index (χ2n) is 16.9. The molecule has 0 aromatic heterocycles. The molecule has 0 bridgehead atoms. The maximum atomic E-state index is 17.5. The molecule has 0 radical (unpaired) electrons. The van der Waals surface area contributed by atoms with Gasteiger partial charge in [0, 0.05) is 83.9 Å². The number of aromatic carboxylic acids is 1. The number of amides is 1. The molecule has 0 saturated carbocycles. The zero-order valence-corrected chi connectivity index (χ0v) is 34.4. The number of benzene rings is 3. The molecule has 58 heavy (non-hydrogen) atoms. The van der Waals surface area contributed by atoms with Crippen molar-refractivity contribution in [1.82, 2.24) is 9.89 Å². The lowest BCUT2D eigenvalue weighted by molar-refractivity contribution is -0.255. The number of nitrogens with zero attached hydrogens (tertiary/aromatic N) is 2. The molecule has 12 heteroatoms. The second-order valence-corrected chi connectivity index (χ2v) is 17.3. The van der Waals surface area contributed by atoms with Gasteiger partial charge in [-0.05, 0) is 96.5 Å². The topological polar surface area (TPSA) is 93.9 Å². The van der Waals surface area contributed by atoms with Gasteiger partial charge in [-0.25, -0.2) is 17.7 Å². The Kier molecular flexibility index (Phi) is 11.9. The Labute approximate surface area is 343 Å². The summed E-state index contributed by atoms with van der Waals surface area (Å²) in [5, 5.41) is 17.3. The number of fused-ring (bicyclic) bond motifs is 4. The number of carbonyl (C=O) groups is 2. The fourth-order valence-corrected chi connectivity index (χ4v) is 10.9. The Bertz CT molecular complexity index is 2290. The SMILES string of the molecule is CC1(C)c2c(cc3c4c2CCCN4CCC3)C(c2c(F)c(C(=O)NCCOCCOCCCCCCCl)c(F)c(F)c2C(=O)[O-])=c2cc3c4c(c21)CCC[N+]=4CCC3. The molecule has 8 nitrogen and oxygen atoms in total. The first-order valence-corrected chi connectivity index (χ1v) is 21.8. The Morgan fingerprint density at radius 1 is 0.810 bits per heavy atom. The van der Waals surface area contributed by atoms with Crippen LogP contribution in [0.1, 0.15) is 130 Å². The first-order valence-electron chi connectivity index (χ1n) is 21.2. The number of halogens is 4. The number of carboxylic acid groups (broad SMARTS) is 1. The highest BCUT2D eigenvalue weighted by Gasteiger charge is 2.44. The summed E-state index contributed by atoms with van der Waals surface area (Å²) in [5.41, 5.74) is 4.69. The number of alkyl halides is 1. The van der Waals surface area contributed by atoms with E-state index in [1.54, 1.807) is 0 Å². The maximum Gasteiger partial charge on any atom is 0.257 e. The molecule has 0 spiro atoms. The quantitative estimate of drug-likeness (QED) is 0.101. The minimum atomic E-state index is -2.06. The lowest BCUT2D eigenvalue weighted by Crippen LogP contribution is -2.49. The Morgan fingerprint density at radius 3 is 2.24 bits per heavy atom. The van der Waals surface area contributed by atoms with Gasteiger partial charge in [0.25, 0.3) is 5.91 Å². The summed E-state index contributed by atoms with van der Waals surface area (Å²) in [6, 6.07) is 4.07. The maximum absolute atomic E-state index is 17.5. The second kappa shape index (κ2) is 17.0. The lowest BCUT2D eigenvalue weighted by atomic mass is 9.63. The zero-order valence-electron chi connectivity index (χ0n) is 33.7. The molecule has 3 aromatic rings. The largest absolute Gasteiger partial charge is 0.545 e. The molecule has 0 fully saturated rings. The van der Waals surface area contributed by atoms with Gasteiger partial charge >= 0.3 is 0 Å². The molecule has 0 unspecified atom stereocenters. The number of carboxylic acids is 1. The Morgan fingerprint density at radius 2 is 1.48 bits per heavy atom. The molecule has 0 atom stereocenters. The van der Waals surface area contributed by atoms with Gasteiger partial charge in [-0.2, -0.15) is 0 Å². The highest BCUT2D eigenvalue weighted by molar-refractivity contribution is 6.17. The average Bonchev–Trinajstić information content (AvgIpc) is 3.20. The van der Waals surface area contributed by atoms with Gasteiger partial charge in [0.2, 0.25) is 5.36 Å². The van der Waals surface area contributed by atoms with Crippen LogP contribution in [0, 0.1) is 17.5 Å². The fraction of sp³-hybridized carbons (Fsp3) is 0.543. The van der Waals surface area contributed by atoms with Gasteiger partial charge in [0.05, 0.1) is 25.8 Å². The minimum Gasteiger partial charge on any atom is -0.545 e. The van der Waals surface area contributed by atoms with E-state index in [0.717, 1.165) is 137 Å². The number of aryl methyl sites for hydroxylation is 2. The van der Waals surface area contributed by atoms with Crippen LogP contribution in [0.2, 0.25) is 0 Å². The predicted octanol–water partition coefficient (Wildman–Crippen LogP) is 5.00. The summed E-state index contributed by atoms with van der Waals surface area (Å²) in [4.78, 5) is 29.1. The summed E-state index contributed by atoms with van der Waals surface area (Å²) in [7, 11) is 0. The molecule has 4 aliphatic heterocycles. The molecule has 8 rings (SSSR count). The number of carbonyl (C=O) groups excluding carboxylic acids is 2. The van der Waals surface area contributed by atoms with Crippen molar-refractivity contribution in [2.45, 2.75) is 96.3 Å². The molecular weight excluding hydrogens is 767 g/mol. The summed E-state index contributed by atoms with van der Waals surface area (Å²) in [5.74, 6) is -7.74. The molecule has 3 aromatic carbocycles. The number of unbranched alkanes of at least 4 members (excludes halogenated alkanes) is 3. The van der Waals surface area contributed by atoms with Crippen LogP contribution >= 0.6 is 11.6 Å². The van der Waals surface area contributed by atoms with E-state index in [-0.39, 0.29) is 25.3 Å². The van der Waals surface area contributed by atoms with Gasteiger partial charge in [-0.15, -0.1) is 11.6 Å². The normalized spacial score (nSPS) is 17.4. The van der Waals surface area contributed by atoms with Gasteiger partial charge in [-0.1, -0.05) is 26.7 Å².